The maximum Gasteiger partial charge on any atom is 0.243 e. The fourth-order valence-corrected chi connectivity index (χ4v) is 3.89. The second-order valence-corrected chi connectivity index (χ2v) is 7.82. The largest absolute Gasteiger partial charge is 0.243 e. The highest BCUT2D eigenvalue weighted by atomic mass is 35.5. The minimum Gasteiger partial charge on any atom is -0.207 e. The van der Waals surface area contributed by atoms with Crippen LogP contribution in [0.5, 0.6) is 0 Å². The number of alkyl halides is 1. The number of hydrogen-bond acceptors (Lipinski definition) is 2. The maximum absolute atomic E-state index is 12.7. The third-order valence-corrected chi connectivity index (χ3v) is 5.27. The lowest BCUT2D eigenvalue weighted by Crippen LogP contribution is -2.45. The first kappa shape index (κ1) is 17.2. The van der Waals surface area contributed by atoms with Gasteiger partial charge in [0.2, 0.25) is 10.0 Å². The van der Waals surface area contributed by atoms with Crippen LogP contribution in [0.25, 0.3) is 0 Å². The Morgan fingerprint density at radius 1 is 1.25 bits per heavy atom. The zero-order chi connectivity index (χ0) is 15.4. The molecule has 3 nitrogen and oxygen atoms in total. The van der Waals surface area contributed by atoms with Gasteiger partial charge in [0, 0.05) is 18.0 Å². The van der Waals surface area contributed by atoms with Crippen molar-refractivity contribution in [2.75, 3.05) is 12.4 Å². The standard InChI is InChI=1S/C15H22ClNO2S/c1-5-12-17(15(2,3)4)20(18,19)14-8-6-13(7-9-14)10-11-16/h5-9H,1,10-12H2,2-4H3. The summed E-state index contributed by atoms with van der Waals surface area (Å²) in [5.74, 6) is 0.524. The van der Waals surface area contributed by atoms with Crippen LogP contribution in [0.3, 0.4) is 0 Å². The van der Waals surface area contributed by atoms with Crippen LogP contribution in [-0.2, 0) is 16.4 Å². The van der Waals surface area contributed by atoms with Crippen LogP contribution in [0.2, 0.25) is 0 Å². The van der Waals surface area contributed by atoms with Gasteiger partial charge in [-0.25, -0.2) is 8.42 Å². The average Bonchev–Trinajstić information content (AvgIpc) is 2.35. The van der Waals surface area contributed by atoms with Gasteiger partial charge < -0.3 is 0 Å². The second kappa shape index (κ2) is 6.74. The molecule has 0 unspecified atom stereocenters. The molecule has 0 N–H and O–H groups in total. The van der Waals surface area contributed by atoms with Crippen molar-refractivity contribution in [1.82, 2.24) is 4.31 Å². The summed E-state index contributed by atoms with van der Waals surface area (Å²) in [4.78, 5) is 0.299. The molecule has 112 valence electrons. The van der Waals surface area contributed by atoms with E-state index in [9.17, 15) is 8.42 Å². The molecule has 0 aromatic heterocycles. The van der Waals surface area contributed by atoms with E-state index >= 15 is 0 Å². The highest BCUT2D eigenvalue weighted by Crippen LogP contribution is 2.24. The lowest BCUT2D eigenvalue weighted by molar-refractivity contribution is 0.270. The number of nitrogens with zero attached hydrogens (tertiary/aromatic N) is 1. The SMILES string of the molecule is C=CCN(C(C)(C)C)S(=O)(=O)c1ccc(CCCl)cc1. The number of sulfonamides is 1. The molecule has 0 saturated heterocycles. The Labute approximate surface area is 127 Å². The third-order valence-electron chi connectivity index (χ3n) is 2.94. The number of benzene rings is 1. The van der Waals surface area contributed by atoms with E-state index in [1.807, 2.05) is 32.9 Å². The van der Waals surface area contributed by atoms with Crippen molar-refractivity contribution >= 4 is 21.6 Å². The van der Waals surface area contributed by atoms with E-state index in [0.717, 1.165) is 12.0 Å². The zero-order valence-corrected chi connectivity index (χ0v) is 13.8. The molecule has 0 aliphatic heterocycles. The van der Waals surface area contributed by atoms with E-state index in [2.05, 4.69) is 6.58 Å². The van der Waals surface area contributed by atoms with E-state index in [1.54, 1.807) is 18.2 Å². The third kappa shape index (κ3) is 4.08. The molecule has 0 aliphatic rings. The molecule has 0 aliphatic carbocycles. The zero-order valence-electron chi connectivity index (χ0n) is 12.3. The van der Waals surface area contributed by atoms with Crippen molar-refractivity contribution in [1.29, 1.82) is 0 Å². The molecule has 0 fully saturated rings. The number of halogens is 1. The molecular formula is C15H22ClNO2S. The van der Waals surface area contributed by atoms with Gasteiger partial charge in [0.15, 0.2) is 0 Å². The molecule has 0 atom stereocenters. The van der Waals surface area contributed by atoms with Crippen molar-refractivity contribution in [3.8, 4) is 0 Å². The monoisotopic (exact) mass is 315 g/mol. The summed E-state index contributed by atoms with van der Waals surface area (Å²) in [6.07, 6.45) is 2.34. The molecule has 20 heavy (non-hydrogen) atoms. The van der Waals surface area contributed by atoms with Gasteiger partial charge in [0.25, 0.3) is 0 Å². The first-order valence-corrected chi connectivity index (χ1v) is 8.49. The maximum atomic E-state index is 12.7. The van der Waals surface area contributed by atoms with Crippen LogP contribution in [0.1, 0.15) is 26.3 Å². The van der Waals surface area contributed by atoms with Gasteiger partial charge >= 0.3 is 0 Å². The molecule has 5 heteroatoms. The minimum atomic E-state index is -3.52. The first-order chi connectivity index (χ1) is 9.23. The molecule has 0 saturated carbocycles. The predicted octanol–water partition coefficient (Wildman–Crippen LogP) is 3.44. The van der Waals surface area contributed by atoms with Crippen LogP contribution in [0.15, 0.2) is 41.8 Å². The smallest absolute Gasteiger partial charge is 0.207 e. The van der Waals surface area contributed by atoms with E-state index < -0.39 is 15.6 Å². The van der Waals surface area contributed by atoms with Crippen molar-refractivity contribution in [3.63, 3.8) is 0 Å². The molecule has 0 radical (unpaired) electrons. The van der Waals surface area contributed by atoms with Crippen molar-refractivity contribution < 1.29 is 8.42 Å². The van der Waals surface area contributed by atoms with Crippen LogP contribution in [0, 0.1) is 0 Å². The summed E-state index contributed by atoms with van der Waals surface area (Å²) < 4.78 is 26.8. The summed E-state index contributed by atoms with van der Waals surface area (Å²) in [5.41, 5.74) is 0.534. The number of rotatable bonds is 6. The molecule has 1 aromatic rings. The topological polar surface area (TPSA) is 37.4 Å². The minimum absolute atomic E-state index is 0.287. The Morgan fingerprint density at radius 2 is 1.80 bits per heavy atom. The van der Waals surface area contributed by atoms with Gasteiger partial charge in [-0.3, -0.25) is 0 Å². The first-order valence-electron chi connectivity index (χ1n) is 6.52. The lowest BCUT2D eigenvalue weighted by Gasteiger charge is -2.33. The number of aryl methyl sites for hydroxylation is 1. The fraction of sp³-hybridized carbons (Fsp3) is 0.467. The Morgan fingerprint density at radius 3 is 2.20 bits per heavy atom. The van der Waals surface area contributed by atoms with Gasteiger partial charge in [-0.1, -0.05) is 18.2 Å². The molecule has 1 rings (SSSR count). The quantitative estimate of drug-likeness (QED) is 0.595. The summed E-state index contributed by atoms with van der Waals surface area (Å²) >= 11 is 5.68. The molecule has 0 heterocycles. The average molecular weight is 316 g/mol. The highest BCUT2D eigenvalue weighted by Gasteiger charge is 2.32. The van der Waals surface area contributed by atoms with Crippen molar-refractivity contribution in [2.24, 2.45) is 0 Å². The van der Waals surface area contributed by atoms with E-state index in [0.29, 0.717) is 10.8 Å². The Balaban J connectivity index is 3.16. The van der Waals surface area contributed by atoms with Gasteiger partial charge in [-0.2, -0.15) is 4.31 Å². The van der Waals surface area contributed by atoms with Crippen LogP contribution < -0.4 is 0 Å². The van der Waals surface area contributed by atoms with Crippen molar-refractivity contribution in [2.45, 2.75) is 37.6 Å². The predicted molar refractivity (Wildman–Crippen MR) is 84.7 cm³/mol. The normalized spacial score (nSPS) is 12.7. The van der Waals surface area contributed by atoms with Gasteiger partial charge in [0.05, 0.1) is 4.90 Å². The Hall–Kier alpha value is -0.840. The van der Waals surface area contributed by atoms with Crippen LogP contribution in [0.4, 0.5) is 0 Å². The Bertz CT molecular complexity index is 544. The Kier molecular flexibility index (Phi) is 5.80. The van der Waals surface area contributed by atoms with Gasteiger partial charge in [-0.15, -0.1) is 18.2 Å². The molecule has 0 spiro atoms. The molecule has 0 amide bonds. The summed E-state index contributed by atoms with van der Waals surface area (Å²) in [6.45, 7) is 9.54. The molecule has 1 aromatic carbocycles. The summed E-state index contributed by atoms with van der Waals surface area (Å²) in [7, 11) is -3.52. The second-order valence-electron chi connectivity index (χ2n) is 5.58. The highest BCUT2D eigenvalue weighted by molar-refractivity contribution is 7.89. The fourth-order valence-electron chi connectivity index (χ4n) is 1.91. The molecular weight excluding hydrogens is 294 g/mol. The molecule has 0 bridgehead atoms. The van der Waals surface area contributed by atoms with E-state index in [-0.39, 0.29) is 6.54 Å². The van der Waals surface area contributed by atoms with E-state index in [1.165, 1.54) is 4.31 Å². The number of hydrogen-bond donors (Lipinski definition) is 0. The summed E-state index contributed by atoms with van der Waals surface area (Å²) in [5, 5.41) is 0. The lowest BCUT2D eigenvalue weighted by atomic mass is 10.1. The van der Waals surface area contributed by atoms with Crippen LogP contribution >= 0.6 is 11.6 Å². The van der Waals surface area contributed by atoms with Gasteiger partial charge in [0.1, 0.15) is 0 Å². The van der Waals surface area contributed by atoms with Crippen molar-refractivity contribution in [3.05, 3.63) is 42.5 Å². The summed E-state index contributed by atoms with van der Waals surface area (Å²) in [6, 6.07) is 6.89. The van der Waals surface area contributed by atoms with Gasteiger partial charge in [-0.05, 0) is 44.9 Å². The van der Waals surface area contributed by atoms with Crippen LogP contribution in [-0.4, -0.2) is 30.7 Å². The van der Waals surface area contributed by atoms with E-state index in [4.69, 9.17) is 11.6 Å².